The molecule has 142 valence electrons. The summed E-state index contributed by atoms with van der Waals surface area (Å²) in [6.07, 6.45) is 4.35. The summed E-state index contributed by atoms with van der Waals surface area (Å²) in [6.45, 7) is 7.31. The van der Waals surface area contributed by atoms with Gasteiger partial charge in [0.2, 0.25) is 0 Å². The average molecular weight is 358 g/mol. The minimum Gasteiger partial charge on any atom is -0.303 e. The van der Waals surface area contributed by atoms with E-state index in [-0.39, 0.29) is 11.6 Å². The first-order valence-corrected chi connectivity index (χ1v) is 9.11. The van der Waals surface area contributed by atoms with E-state index in [9.17, 15) is 19.2 Å². The highest BCUT2D eigenvalue weighted by Gasteiger charge is 2.19. The summed E-state index contributed by atoms with van der Waals surface area (Å²) in [5.41, 5.74) is 0.908. The van der Waals surface area contributed by atoms with E-state index in [0.29, 0.717) is 38.5 Å². The van der Waals surface area contributed by atoms with Gasteiger partial charge in [-0.25, -0.2) is 0 Å². The van der Waals surface area contributed by atoms with Gasteiger partial charge in [0.25, 0.3) is 0 Å². The van der Waals surface area contributed by atoms with Gasteiger partial charge in [0.05, 0.1) is 0 Å². The molecule has 0 fully saturated rings. The minimum atomic E-state index is -0.460. The highest BCUT2D eigenvalue weighted by atomic mass is 16.1. The van der Waals surface area contributed by atoms with Crippen molar-refractivity contribution in [3.63, 3.8) is 0 Å². The van der Waals surface area contributed by atoms with Gasteiger partial charge in [0.1, 0.15) is 24.1 Å². The number of aldehydes is 2. The molecule has 0 radical (unpaired) electrons. The summed E-state index contributed by atoms with van der Waals surface area (Å²) in [4.78, 5) is 45.9. The first kappa shape index (κ1) is 21.9. The van der Waals surface area contributed by atoms with Crippen molar-refractivity contribution in [3.05, 3.63) is 35.4 Å². The number of hydrogen-bond acceptors (Lipinski definition) is 4. The summed E-state index contributed by atoms with van der Waals surface area (Å²) >= 11 is 0. The molecule has 0 saturated heterocycles. The molecule has 1 aromatic carbocycles. The van der Waals surface area contributed by atoms with Gasteiger partial charge in [-0.2, -0.15) is 0 Å². The van der Waals surface area contributed by atoms with Crippen LogP contribution in [0, 0.1) is 10.8 Å². The first-order valence-electron chi connectivity index (χ1n) is 9.11. The number of carbonyl (C=O) groups is 4. The second-order valence-corrected chi connectivity index (χ2v) is 8.46. The molecular formula is C22H30O4. The summed E-state index contributed by atoms with van der Waals surface area (Å²) in [5, 5.41) is 0. The average Bonchev–Trinajstić information content (AvgIpc) is 2.60. The molecular weight excluding hydrogens is 328 g/mol. The molecule has 0 bridgehead atoms. The van der Waals surface area contributed by atoms with Gasteiger partial charge in [-0.15, -0.1) is 0 Å². The molecule has 1 aromatic rings. The van der Waals surface area contributed by atoms with Crippen molar-refractivity contribution in [2.45, 2.75) is 66.2 Å². The van der Waals surface area contributed by atoms with Crippen LogP contribution < -0.4 is 0 Å². The van der Waals surface area contributed by atoms with Crippen molar-refractivity contribution in [2.75, 3.05) is 0 Å². The normalized spacial score (nSPS) is 11.8. The van der Waals surface area contributed by atoms with E-state index >= 15 is 0 Å². The lowest BCUT2D eigenvalue weighted by Gasteiger charge is -2.15. The molecule has 0 aliphatic carbocycles. The highest BCUT2D eigenvalue weighted by molar-refractivity contribution is 5.82. The maximum absolute atomic E-state index is 12.0. The van der Waals surface area contributed by atoms with Crippen LogP contribution in [0.3, 0.4) is 0 Å². The molecule has 0 unspecified atom stereocenters. The first-order chi connectivity index (χ1) is 12.1. The van der Waals surface area contributed by atoms with Gasteiger partial charge in [0, 0.05) is 36.5 Å². The Bertz CT molecular complexity index is 582. The van der Waals surface area contributed by atoms with Crippen molar-refractivity contribution >= 4 is 24.1 Å². The monoisotopic (exact) mass is 358 g/mol. The van der Waals surface area contributed by atoms with E-state index in [4.69, 9.17) is 0 Å². The molecule has 0 N–H and O–H groups in total. The quantitative estimate of drug-likeness (QED) is 0.531. The third kappa shape index (κ3) is 8.32. The second-order valence-electron chi connectivity index (χ2n) is 8.46. The van der Waals surface area contributed by atoms with E-state index in [0.717, 1.165) is 23.7 Å². The van der Waals surface area contributed by atoms with Gasteiger partial charge < -0.3 is 9.59 Å². The zero-order valence-electron chi connectivity index (χ0n) is 16.3. The van der Waals surface area contributed by atoms with Crippen LogP contribution in [-0.4, -0.2) is 24.1 Å². The summed E-state index contributed by atoms with van der Waals surface area (Å²) in [5.74, 6) is 0.222. The van der Waals surface area contributed by atoms with Crippen LogP contribution in [0.1, 0.15) is 64.5 Å². The Balaban J connectivity index is 2.48. The maximum Gasteiger partial charge on any atom is 0.137 e. The standard InChI is InChI=1S/C22H30O4/c1-21(2,15-23)11-9-19(25)13-17-5-7-18(8-6-17)14-20(26)10-12-22(3,4)16-24/h5-8,15-16H,9-14H2,1-4H3. The topological polar surface area (TPSA) is 68.3 Å². The van der Waals surface area contributed by atoms with Crippen molar-refractivity contribution in [1.82, 2.24) is 0 Å². The highest BCUT2D eigenvalue weighted by Crippen LogP contribution is 2.21. The molecule has 0 saturated carbocycles. The van der Waals surface area contributed by atoms with Crippen LogP contribution >= 0.6 is 0 Å². The fraction of sp³-hybridized carbons (Fsp3) is 0.545. The Morgan fingerprint density at radius 3 is 1.31 bits per heavy atom. The SMILES string of the molecule is CC(C)(C=O)CCC(=O)Cc1ccc(CC(=O)CCC(C)(C)C=O)cc1. The Labute approximate surface area is 156 Å². The molecule has 0 amide bonds. The summed E-state index contributed by atoms with van der Waals surface area (Å²) in [6, 6.07) is 7.50. The van der Waals surface area contributed by atoms with Crippen molar-refractivity contribution in [3.8, 4) is 0 Å². The molecule has 0 spiro atoms. The second kappa shape index (κ2) is 9.56. The van der Waals surface area contributed by atoms with Crippen LogP contribution in [0.25, 0.3) is 0 Å². The van der Waals surface area contributed by atoms with Crippen LogP contribution in [0.2, 0.25) is 0 Å². The van der Waals surface area contributed by atoms with Crippen molar-refractivity contribution < 1.29 is 19.2 Å². The zero-order chi connectivity index (χ0) is 19.8. The summed E-state index contributed by atoms with van der Waals surface area (Å²) < 4.78 is 0. The van der Waals surface area contributed by atoms with Crippen LogP contribution in [0.5, 0.6) is 0 Å². The number of benzene rings is 1. The molecule has 1 rings (SSSR count). The molecule has 0 atom stereocenters. The third-order valence-electron chi connectivity index (χ3n) is 4.56. The fourth-order valence-corrected chi connectivity index (χ4v) is 2.45. The molecule has 0 aliphatic rings. The van der Waals surface area contributed by atoms with E-state index < -0.39 is 10.8 Å². The van der Waals surface area contributed by atoms with E-state index in [1.165, 1.54) is 0 Å². The minimum absolute atomic E-state index is 0.111. The summed E-state index contributed by atoms with van der Waals surface area (Å²) in [7, 11) is 0. The van der Waals surface area contributed by atoms with Crippen molar-refractivity contribution in [2.24, 2.45) is 10.8 Å². The van der Waals surface area contributed by atoms with E-state index in [2.05, 4.69) is 0 Å². The Morgan fingerprint density at radius 1 is 0.731 bits per heavy atom. The Morgan fingerprint density at radius 2 is 1.04 bits per heavy atom. The van der Waals surface area contributed by atoms with E-state index in [1.54, 1.807) is 0 Å². The Hall–Kier alpha value is -2.10. The van der Waals surface area contributed by atoms with Gasteiger partial charge in [-0.1, -0.05) is 52.0 Å². The van der Waals surface area contributed by atoms with Gasteiger partial charge in [-0.3, -0.25) is 9.59 Å². The molecule has 4 nitrogen and oxygen atoms in total. The van der Waals surface area contributed by atoms with E-state index in [1.807, 2.05) is 52.0 Å². The number of Topliss-reactive ketones (excluding diaryl/α,β-unsaturated/α-hetero) is 2. The lowest BCUT2D eigenvalue weighted by atomic mass is 9.87. The molecule has 26 heavy (non-hydrogen) atoms. The third-order valence-corrected chi connectivity index (χ3v) is 4.56. The smallest absolute Gasteiger partial charge is 0.137 e. The van der Waals surface area contributed by atoms with Crippen molar-refractivity contribution in [1.29, 1.82) is 0 Å². The van der Waals surface area contributed by atoms with Gasteiger partial charge >= 0.3 is 0 Å². The molecule has 0 heterocycles. The molecule has 4 heteroatoms. The number of carbonyl (C=O) groups excluding carboxylic acids is 4. The predicted octanol–water partition coefficient (Wildman–Crippen LogP) is 3.92. The zero-order valence-corrected chi connectivity index (χ0v) is 16.3. The van der Waals surface area contributed by atoms with Crippen LogP contribution in [-0.2, 0) is 32.0 Å². The van der Waals surface area contributed by atoms with Gasteiger partial charge in [0.15, 0.2) is 0 Å². The fourth-order valence-electron chi connectivity index (χ4n) is 2.45. The van der Waals surface area contributed by atoms with Crippen LogP contribution in [0.15, 0.2) is 24.3 Å². The Kier molecular flexibility index (Phi) is 8.07. The number of hydrogen-bond donors (Lipinski definition) is 0. The predicted molar refractivity (Wildman–Crippen MR) is 102 cm³/mol. The molecule has 0 aliphatic heterocycles. The number of rotatable bonds is 12. The molecule has 0 aromatic heterocycles. The lowest BCUT2D eigenvalue weighted by molar-refractivity contribution is -0.121. The van der Waals surface area contributed by atoms with Gasteiger partial charge in [-0.05, 0) is 24.0 Å². The van der Waals surface area contributed by atoms with Crippen LogP contribution in [0.4, 0.5) is 0 Å². The maximum atomic E-state index is 12.0. The number of ketones is 2. The largest absolute Gasteiger partial charge is 0.303 e. The lowest BCUT2D eigenvalue weighted by Crippen LogP contribution is -2.16.